The number of nitrogens with zero attached hydrogens (tertiary/aromatic N) is 1. The van der Waals surface area contributed by atoms with Gasteiger partial charge < -0.3 is 20.1 Å². The second-order valence-corrected chi connectivity index (χ2v) is 5.22. The van der Waals surface area contributed by atoms with Crippen LogP contribution < -0.4 is 15.4 Å². The fourth-order valence-corrected chi connectivity index (χ4v) is 2.43. The average Bonchev–Trinajstić information content (AvgIpc) is 2.59. The normalized spacial score (nSPS) is 16.2. The molecule has 1 amide bonds. The number of aromatic nitrogens is 1. The molecule has 0 spiro atoms. The highest BCUT2D eigenvalue weighted by Gasteiger charge is 2.25. The molecule has 23 heavy (non-hydrogen) atoms. The van der Waals surface area contributed by atoms with Gasteiger partial charge in [0.2, 0.25) is 0 Å². The van der Waals surface area contributed by atoms with Crippen LogP contribution in [0.2, 0.25) is 0 Å². The number of anilines is 1. The van der Waals surface area contributed by atoms with Crippen LogP contribution in [0.5, 0.6) is 5.75 Å². The van der Waals surface area contributed by atoms with E-state index in [2.05, 4.69) is 15.6 Å². The van der Waals surface area contributed by atoms with Gasteiger partial charge in [0, 0.05) is 26.3 Å². The summed E-state index contributed by atoms with van der Waals surface area (Å²) in [5, 5.41) is 6.16. The Labute approximate surface area is 134 Å². The average molecular weight is 313 g/mol. The van der Waals surface area contributed by atoms with Gasteiger partial charge in [-0.15, -0.1) is 0 Å². The number of amides is 1. The van der Waals surface area contributed by atoms with E-state index in [0.29, 0.717) is 24.6 Å². The zero-order valence-electron chi connectivity index (χ0n) is 12.9. The van der Waals surface area contributed by atoms with Crippen LogP contribution in [0.1, 0.15) is 28.5 Å². The van der Waals surface area contributed by atoms with Crippen molar-refractivity contribution in [3.63, 3.8) is 0 Å². The molecule has 0 fully saturated rings. The Morgan fingerprint density at radius 2 is 2.09 bits per heavy atom. The Bertz CT molecular complexity index is 690. The third kappa shape index (κ3) is 3.60. The lowest BCUT2D eigenvalue weighted by atomic mass is 10.1. The van der Waals surface area contributed by atoms with E-state index in [1.165, 1.54) is 0 Å². The number of nitrogens with one attached hydrogen (secondary N) is 2. The molecule has 1 atom stereocenters. The van der Waals surface area contributed by atoms with Gasteiger partial charge in [-0.2, -0.15) is 0 Å². The van der Waals surface area contributed by atoms with Gasteiger partial charge in [0.05, 0.1) is 12.2 Å². The fraction of sp³-hybridized carbons (Fsp3) is 0.294. The standard InChI is InChI=1S/C17H19N3O3/c1-22-9-4-10-23-13-6-2-5-12(11-13)15-19-16-14(17(21)20-15)7-3-8-18-16/h2-3,5-8,11,15H,4,9-10H2,1H3,(H,18,19)(H,20,21)/t15-/m1/s1. The first kappa shape index (κ1) is 15.3. The van der Waals surface area contributed by atoms with E-state index >= 15 is 0 Å². The first-order valence-electron chi connectivity index (χ1n) is 7.52. The Balaban J connectivity index is 1.71. The topological polar surface area (TPSA) is 72.5 Å². The smallest absolute Gasteiger partial charge is 0.256 e. The molecule has 6 heteroatoms. The number of carbonyl (C=O) groups excluding carboxylic acids is 1. The van der Waals surface area contributed by atoms with Crippen molar-refractivity contribution in [1.29, 1.82) is 0 Å². The summed E-state index contributed by atoms with van der Waals surface area (Å²) in [5.41, 5.74) is 1.47. The van der Waals surface area contributed by atoms with Gasteiger partial charge in [-0.25, -0.2) is 4.98 Å². The van der Waals surface area contributed by atoms with Crippen LogP contribution in [-0.2, 0) is 4.74 Å². The first-order valence-corrected chi connectivity index (χ1v) is 7.52. The molecule has 0 bridgehead atoms. The van der Waals surface area contributed by atoms with Crippen molar-refractivity contribution >= 4 is 11.7 Å². The highest BCUT2D eigenvalue weighted by Crippen LogP contribution is 2.26. The second-order valence-electron chi connectivity index (χ2n) is 5.22. The van der Waals surface area contributed by atoms with Gasteiger partial charge in [0.15, 0.2) is 0 Å². The minimum absolute atomic E-state index is 0.136. The van der Waals surface area contributed by atoms with Crippen LogP contribution >= 0.6 is 0 Å². The maximum absolute atomic E-state index is 12.2. The number of methoxy groups -OCH3 is 1. The van der Waals surface area contributed by atoms with Crippen molar-refractivity contribution in [3.05, 3.63) is 53.7 Å². The molecular weight excluding hydrogens is 294 g/mol. The molecule has 0 radical (unpaired) electrons. The van der Waals surface area contributed by atoms with Crippen molar-refractivity contribution in [2.24, 2.45) is 0 Å². The predicted octanol–water partition coefficient (Wildman–Crippen LogP) is 2.35. The summed E-state index contributed by atoms with van der Waals surface area (Å²) in [7, 11) is 1.67. The summed E-state index contributed by atoms with van der Waals surface area (Å²) in [6.07, 6.45) is 2.17. The van der Waals surface area contributed by atoms with Crippen LogP contribution in [0.15, 0.2) is 42.6 Å². The minimum Gasteiger partial charge on any atom is -0.493 e. The number of carbonyl (C=O) groups is 1. The summed E-state index contributed by atoms with van der Waals surface area (Å²) < 4.78 is 10.7. The quantitative estimate of drug-likeness (QED) is 0.801. The third-order valence-electron chi connectivity index (χ3n) is 3.56. The van der Waals surface area contributed by atoms with Crippen LogP contribution in [-0.4, -0.2) is 31.2 Å². The third-order valence-corrected chi connectivity index (χ3v) is 3.56. The molecule has 1 aromatic heterocycles. The van der Waals surface area contributed by atoms with Gasteiger partial charge in [0.25, 0.3) is 5.91 Å². The van der Waals surface area contributed by atoms with E-state index in [-0.39, 0.29) is 12.1 Å². The number of pyridine rings is 1. The summed E-state index contributed by atoms with van der Waals surface area (Å²) in [4.78, 5) is 16.4. The van der Waals surface area contributed by atoms with Crippen molar-refractivity contribution in [2.45, 2.75) is 12.6 Å². The van der Waals surface area contributed by atoms with E-state index < -0.39 is 0 Å². The maximum atomic E-state index is 12.2. The fourth-order valence-electron chi connectivity index (χ4n) is 2.43. The SMILES string of the molecule is COCCCOc1cccc([C@H]2NC(=O)c3cccnc3N2)c1. The second kappa shape index (κ2) is 7.11. The number of rotatable bonds is 6. The molecule has 2 aromatic rings. The van der Waals surface area contributed by atoms with E-state index in [1.54, 1.807) is 25.4 Å². The molecule has 0 saturated carbocycles. The Hall–Kier alpha value is -2.60. The van der Waals surface area contributed by atoms with Gasteiger partial charge in [-0.1, -0.05) is 12.1 Å². The molecule has 2 N–H and O–H groups in total. The molecule has 3 rings (SSSR count). The van der Waals surface area contributed by atoms with Crippen molar-refractivity contribution in [1.82, 2.24) is 10.3 Å². The molecule has 0 aliphatic carbocycles. The van der Waals surface area contributed by atoms with E-state index in [1.807, 2.05) is 24.3 Å². The zero-order valence-corrected chi connectivity index (χ0v) is 12.9. The molecule has 1 aliphatic heterocycles. The molecule has 0 unspecified atom stereocenters. The molecular formula is C17H19N3O3. The van der Waals surface area contributed by atoms with E-state index in [9.17, 15) is 4.79 Å². The van der Waals surface area contributed by atoms with Crippen LogP contribution in [0.4, 0.5) is 5.82 Å². The first-order chi connectivity index (χ1) is 11.3. The zero-order chi connectivity index (χ0) is 16.1. The molecule has 6 nitrogen and oxygen atoms in total. The van der Waals surface area contributed by atoms with Crippen molar-refractivity contribution in [2.75, 3.05) is 25.6 Å². The van der Waals surface area contributed by atoms with Gasteiger partial charge in [0.1, 0.15) is 17.7 Å². The Morgan fingerprint density at radius 3 is 2.96 bits per heavy atom. The highest BCUT2D eigenvalue weighted by atomic mass is 16.5. The summed E-state index contributed by atoms with van der Waals surface area (Å²) in [6, 6.07) is 11.1. The molecule has 0 saturated heterocycles. The minimum atomic E-state index is -0.326. The van der Waals surface area contributed by atoms with Gasteiger partial charge in [-0.05, 0) is 29.8 Å². The molecule has 1 aliphatic rings. The lowest BCUT2D eigenvalue weighted by molar-refractivity contribution is 0.0935. The molecule has 120 valence electrons. The predicted molar refractivity (Wildman–Crippen MR) is 86.5 cm³/mol. The molecule has 2 heterocycles. The summed E-state index contributed by atoms with van der Waals surface area (Å²) >= 11 is 0. The summed E-state index contributed by atoms with van der Waals surface area (Å²) in [5.74, 6) is 1.22. The molecule has 1 aromatic carbocycles. The van der Waals surface area contributed by atoms with Crippen LogP contribution in [0.25, 0.3) is 0 Å². The van der Waals surface area contributed by atoms with Crippen LogP contribution in [0.3, 0.4) is 0 Å². The van der Waals surface area contributed by atoms with Gasteiger partial charge in [-0.3, -0.25) is 4.79 Å². The lowest BCUT2D eigenvalue weighted by Crippen LogP contribution is -2.38. The number of hydrogen-bond donors (Lipinski definition) is 2. The summed E-state index contributed by atoms with van der Waals surface area (Å²) in [6.45, 7) is 1.26. The maximum Gasteiger partial charge on any atom is 0.256 e. The lowest BCUT2D eigenvalue weighted by Gasteiger charge is -2.27. The number of fused-ring (bicyclic) bond motifs is 1. The number of ether oxygens (including phenoxy) is 2. The highest BCUT2D eigenvalue weighted by molar-refractivity contribution is 6.00. The van der Waals surface area contributed by atoms with E-state index in [4.69, 9.17) is 9.47 Å². The Kier molecular flexibility index (Phi) is 4.73. The van der Waals surface area contributed by atoms with Crippen molar-refractivity contribution in [3.8, 4) is 5.75 Å². The van der Waals surface area contributed by atoms with Crippen molar-refractivity contribution < 1.29 is 14.3 Å². The van der Waals surface area contributed by atoms with E-state index in [0.717, 1.165) is 17.7 Å². The number of hydrogen-bond acceptors (Lipinski definition) is 5. The Morgan fingerprint density at radius 1 is 1.17 bits per heavy atom. The van der Waals surface area contributed by atoms with Gasteiger partial charge >= 0.3 is 0 Å². The largest absolute Gasteiger partial charge is 0.493 e. The van der Waals surface area contributed by atoms with Crippen LogP contribution in [0, 0.1) is 0 Å². The number of benzene rings is 1. The monoisotopic (exact) mass is 313 g/mol.